The van der Waals surface area contributed by atoms with Crippen molar-refractivity contribution in [2.75, 3.05) is 20.8 Å². The zero-order chi connectivity index (χ0) is 11.1. The molecule has 1 atom stereocenters. The minimum atomic E-state index is 0.432. The van der Waals surface area contributed by atoms with Gasteiger partial charge < -0.3 is 15.6 Å². The van der Waals surface area contributed by atoms with Gasteiger partial charge in [-0.2, -0.15) is 0 Å². The topological polar surface area (TPSA) is 58.8 Å². The molecular weight excluding hydrogens is 182 g/mol. The number of rotatable bonds is 2. The molecule has 3 N–H and O–H groups in total. The van der Waals surface area contributed by atoms with Gasteiger partial charge in [0.25, 0.3) is 0 Å². The first kappa shape index (κ1) is 18.8. The van der Waals surface area contributed by atoms with Gasteiger partial charge in [-0.05, 0) is 14.0 Å². The summed E-state index contributed by atoms with van der Waals surface area (Å²) in [6.07, 6.45) is 0.583. The van der Waals surface area contributed by atoms with Crippen LogP contribution in [0.2, 0.25) is 12.1 Å². The van der Waals surface area contributed by atoms with Crippen molar-refractivity contribution in [1.82, 2.24) is 0 Å². The Hall–Kier alpha value is 0.0969. The van der Waals surface area contributed by atoms with Gasteiger partial charge in [0.05, 0.1) is 12.7 Å². The van der Waals surface area contributed by atoms with E-state index in [0.717, 1.165) is 13.7 Å². The Morgan fingerprint density at radius 3 is 1.54 bits per heavy atom. The van der Waals surface area contributed by atoms with E-state index in [1.165, 1.54) is 19.1 Å². The van der Waals surface area contributed by atoms with Crippen molar-refractivity contribution < 1.29 is 9.84 Å². The van der Waals surface area contributed by atoms with E-state index in [-0.39, 0.29) is 0 Å². The van der Waals surface area contributed by atoms with Crippen LogP contribution in [0.4, 0.5) is 0 Å². The van der Waals surface area contributed by atoms with E-state index < -0.39 is 0 Å². The van der Waals surface area contributed by atoms with Crippen LogP contribution in [0.15, 0.2) is 0 Å². The number of nitrogens with two attached hydrogens (primary N) is 1. The molecule has 1 unspecified atom stereocenters. The molecule has 0 aliphatic carbocycles. The van der Waals surface area contributed by atoms with Crippen molar-refractivity contribution in [3.05, 3.63) is 0 Å². The fourth-order valence-corrected chi connectivity index (χ4v) is 1.16. The van der Waals surface area contributed by atoms with Crippen LogP contribution in [-0.2, 0) is 4.74 Å². The molecule has 0 aromatic rings. The summed E-state index contributed by atoms with van der Waals surface area (Å²) in [5, 5.41) is 7.00. The molecule has 1 aliphatic heterocycles. The third kappa shape index (κ3) is 47.5. The quantitative estimate of drug-likeness (QED) is 0.518. The Labute approximate surface area is 85.5 Å². The van der Waals surface area contributed by atoms with E-state index >= 15 is 0 Å². The lowest BCUT2D eigenvalue weighted by molar-refractivity contribution is 0.399. The molecule has 1 saturated heterocycles. The first-order valence-electron chi connectivity index (χ1n) is 4.95. The summed E-state index contributed by atoms with van der Waals surface area (Å²) in [5.41, 5.74) is 4.50. The molecule has 1 aliphatic rings. The van der Waals surface area contributed by atoms with Crippen LogP contribution in [-0.4, -0.2) is 41.5 Å². The Morgan fingerprint density at radius 1 is 1.31 bits per heavy atom. The van der Waals surface area contributed by atoms with Gasteiger partial charge >= 0.3 is 0 Å². The van der Waals surface area contributed by atoms with Gasteiger partial charge in [0, 0.05) is 16.6 Å². The van der Waals surface area contributed by atoms with E-state index in [2.05, 4.69) is 26.5 Å². The summed E-state index contributed by atoms with van der Waals surface area (Å²) in [5.74, 6) is 0. The van der Waals surface area contributed by atoms with E-state index in [9.17, 15) is 0 Å². The SMILES string of the molecule is CC1CO1.CC[SiH2]CC.CN.CO. The third-order valence-corrected chi connectivity index (χ3v) is 2.62. The van der Waals surface area contributed by atoms with Crippen molar-refractivity contribution in [2.45, 2.75) is 39.0 Å². The van der Waals surface area contributed by atoms with Gasteiger partial charge in [-0.1, -0.05) is 25.9 Å². The number of hydrogen-bond acceptors (Lipinski definition) is 3. The molecule has 0 radical (unpaired) electrons. The van der Waals surface area contributed by atoms with Gasteiger partial charge in [-0.3, -0.25) is 0 Å². The summed E-state index contributed by atoms with van der Waals surface area (Å²) in [6, 6.07) is 2.97. The van der Waals surface area contributed by atoms with Crippen molar-refractivity contribution in [1.29, 1.82) is 0 Å². The Kier molecular flexibility index (Phi) is 32.9. The number of epoxide rings is 1. The highest BCUT2D eigenvalue weighted by Gasteiger charge is 2.13. The van der Waals surface area contributed by atoms with Gasteiger partial charge in [-0.15, -0.1) is 0 Å². The number of hydrogen-bond donors (Lipinski definition) is 2. The van der Waals surface area contributed by atoms with E-state index in [4.69, 9.17) is 9.84 Å². The number of ether oxygens (including phenoxy) is 1. The first-order valence-corrected chi connectivity index (χ1v) is 6.95. The lowest BCUT2D eigenvalue weighted by atomic mass is 10.6. The summed E-state index contributed by atoms with van der Waals surface area (Å²) in [6.45, 7) is 7.59. The molecule has 0 aromatic carbocycles. The molecular formula is C9H27NO2Si. The van der Waals surface area contributed by atoms with Crippen molar-refractivity contribution >= 4 is 9.52 Å². The molecule has 13 heavy (non-hydrogen) atoms. The van der Waals surface area contributed by atoms with Crippen molar-refractivity contribution in [2.24, 2.45) is 5.73 Å². The molecule has 0 saturated carbocycles. The second-order valence-corrected chi connectivity index (χ2v) is 5.20. The molecule has 0 bridgehead atoms. The highest BCUT2D eigenvalue weighted by Crippen LogP contribution is 2.04. The molecule has 3 nitrogen and oxygen atoms in total. The predicted octanol–water partition coefficient (Wildman–Crippen LogP) is 0.620. The molecule has 1 rings (SSSR count). The Bertz CT molecular complexity index is 59.6. The minimum absolute atomic E-state index is 0.432. The Morgan fingerprint density at radius 2 is 1.54 bits per heavy atom. The van der Waals surface area contributed by atoms with Crippen LogP contribution in [0.1, 0.15) is 20.8 Å². The lowest BCUT2D eigenvalue weighted by Gasteiger charge is -1.77. The monoisotopic (exact) mass is 209 g/mol. The van der Waals surface area contributed by atoms with Crippen LogP contribution >= 0.6 is 0 Å². The largest absolute Gasteiger partial charge is 0.400 e. The summed E-state index contributed by atoms with van der Waals surface area (Å²) >= 11 is 0. The maximum absolute atomic E-state index is 7.00. The maximum Gasteiger partial charge on any atom is 0.0781 e. The van der Waals surface area contributed by atoms with Gasteiger partial charge in [0.1, 0.15) is 0 Å². The van der Waals surface area contributed by atoms with E-state index in [0.29, 0.717) is 15.6 Å². The van der Waals surface area contributed by atoms with Crippen LogP contribution < -0.4 is 5.73 Å². The van der Waals surface area contributed by atoms with Crippen LogP contribution in [0.3, 0.4) is 0 Å². The molecule has 4 heteroatoms. The molecule has 1 heterocycles. The van der Waals surface area contributed by atoms with Crippen molar-refractivity contribution in [3.8, 4) is 0 Å². The standard InChI is InChI=1S/C4H12Si.C3H6O.CH5N.CH4O/c1-3-5-4-2;1-3-2-4-3;2*1-2/h3-5H2,1-2H3;3H,2H2,1H3;2H2,1H3;2H,1H3. The van der Waals surface area contributed by atoms with Crippen LogP contribution in [0.25, 0.3) is 0 Å². The van der Waals surface area contributed by atoms with E-state index in [1.54, 1.807) is 0 Å². The number of aliphatic hydroxyl groups is 1. The average Bonchev–Trinajstić information content (AvgIpc) is 2.97. The first-order chi connectivity index (χ1) is 6.31. The normalized spacial score (nSPS) is 16.4. The summed E-state index contributed by atoms with van der Waals surface area (Å²) < 4.78 is 4.71. The molecule has 1 fully saturated rings. The van der Waals surface area contributed by atoms with Gasteiger partial charge in [0.15, 0.2) is 0 Å². The number of aliphatic hydroxyl groups excluding tert-OH is 1. The fourth-order valence-electron chi connectivity index (χ4n) is 0.450. The average molecular weight is 209 g/mol. The van der Waals surface area contributed by atoms with E-state index in [1.807, 2.05) is 0 Å². The second-order valence-electron chi connectivity index (χ2n) is 2.50. The smallest absolute Gasteiger partial charge is 0.0781 e. The van der Waals surface area contributed by atoms with Crippen LogP contribution in [0.5, 0.6) is 0 Å². The molecule has 84 valence electrons. The highest BCUT2D eigenvalue weighted by atomic mass is 28.2. The van der Waals surface area contributed by atoms with Gasteiger partial charge in [-0.25, -0.2) is 0 Å². The molecule has 0 spiro atoms. The zero-order valence-electron chi connectivity index (χ0n) is 9.84. The third-order valence-electron chi connectivity index (χ3n) is 1.21. The lowest BCUT2D eigenvalue weighted by Crippen LogP contribution is -1.76. The minimum Gasteiger partial charge on any atom is -0.400 e. The zero-order valence-corrected chi connectivity index (χ0v) is 11.3. The maximum atomic E-state index is 7.00. The highest BCUT2D eigenvalue weighted by molar-refractivity contribution is 6.34. The Balaban J connectivity index is -0.000000113. The fraction of sp³-hybridized carbons (Fsp3) is 1.00. The molecule has 0 amide bonds. The summed E-state index contributed by atoms with van der Waals surface area (Å²) in [4.78, 5) is 0. The predicted molar refractivity (Wildman–Crippen MR) is 63.2 cm³/mol. The van der Waals surface area contributed by atoms with Crippen molar-refractivity contribution in [3.63, 3.8) is 0 Å². The summed E-state index contributed by atoms with van der Waals surface area (Å²) in [7, 11) is 2.93. The van der Waals surface area contributed by atoms with Gasteiger partial charge in [0.2, 0.25) is 0 Å². The second kappa shape index (κ2) is 22.7. The van der Waals surface area contributed by atoms with Crippen LogP contribution in [0, 0.1) is 0 Å². The molecule has 0 aromatic heterocycles.